The third kappa shape index (κ3) is 2.90. The molecule has 0 atom stereocenters. The van der Waals surface area contributed by atoms with Crippen molar-refractivity contribution in [3.63, 3.8) is 0 Å². The smallest absolute Gasteiger partial charge is 0.221 e. The minimum atomic E-state index is -0.147. The van der Waals surface area contributed by atoms with Crippen LogP contribution in [0.1, 0.15) is 18.2 Å². The number of carbonyl (C=O) groups excluding carboxylic acids is 1. The van der Waals surface area contributed by atoms with Gasteiger partial charge in [0.25, 0.3) is 0 Å². The van der Waals surface area contributed by atoms with Crippen LogP contribution >= 0.6 is 0 Å². The third-order valence-corrected chi connectivity index (χ3v) is 3.80. The molecule has 0 fully saturated rings. The molecule has 6 heteroatoms. The van der Waals surface area contributed by atoms with Crippen molar-refractivity contribution in [2.45, 2.75) is 20.8 Å². The summed E-state index contributed by atoms with van der Waals surface area (Å²) in [5, 5.41) is 2.75. The molecule has 0 unspecified atom stereocenters. The van der Waals surface area contributed by atoms with E-state index in [1.807, 2.05) is 42.8 Å². The predicted molar refractivity (Wildman–Crippen MR) is 91.6 cm³/mol. The summed E-state index contributed by atoms with van der Waals surface area (Å²) in [5.41, 5.74) is 2.57. The Morgan fingerprint density at radius 2 is 2.08 bits per heavy atom. The van der Waals surface area contributed by atoms with Crippen LogP contribution in [0, 0.1) is 13.8 Å². The Labute approximate surface area is 140 Å². The fraction of sp³-hybridized carbons (Fsp3) is 0.222. The Balaban J connectivity index is 2.04. The van der Waals surface area contributed by atoms with Crippen molar-refractivity contribution < 1.29 is 13.9 Å². The molecule has 0 aliphatic rings. The Bertz CT molecular complexity index is 873. The number of imidazole rings is 1. The summed E-state index contributed by atoms with van der Waals surface area (Å²) < 4.78 is 13.1. The van der Waals surface area contributed by atoms with E-state index in [9.17, 15) is 4.79 Å². The zero-order valence-corrected chi connectivity index (χ0v) is 14.1. The number of aryl methyl sites for hydroxylation is 2. The summed E-state index contributed by atoms with van der Waals surface area (Å²) in [6.07, 6.45) is 3.58. The van der Waals surface area contributed by atoms with Gasteiger partial charge in [0.05, 0.1) is 18.5 Å². The van der Waals surface area contributed by atoms with Crippen molar-refractivity contribution in [1.29, 1.82) is 0 Å². The fourth-order valence-electron chi connectivity index (χ4n) is 2.50. The van der Waals surface area contributed by atoms with Gasteiger partial charge >= 0.3 is 0 Å². The molecule has 0 radical (unpaired) electrons. The number of furan rings is 1. The van der Waals surface area contributed by atoms with E-state index in [0.29, 0.717) is 23.0 Å². The first kappa shape index (κ1) is 15.9. The standard InChI is InChI=1S/C18H19N3O3/c1-11-9-17(24-12(11)2)18-19-7-8-21(18)14-5-6-15(20-13(3)22)16(10-14)23-4/h5-10H,1-4H3,(H,20,22). The van der Waals surface area contributed by atoms with Crippen molar-refractivity contribution in [1.82, 2.24) is 9.55 Å². The highest BCUT2D eigenvalue weighted by atomic mass is 16.5. The highest BCUT2D eigenvalue weighted by molar-refractivity contribution is 5.90. The van der Waals surface area contributed by atoms with Crippen molar-refractivity contribution >= 4 is 11.6 Å². The van der Waals surface area contributed by atoms with Crippen LogP contribution in [0.4, 0.5) is 5.69 Å². The molecule has 0 saturated carbocycles. The molecule has 2 heterocycles. The van der Waals surface area contributed by atoms with Crippen molar-refractivity contribution in [2.24, 2.45) is 0 Å². The number of ether oxygens (including phenoxy) is 1. The van der Waals surface area contributed by atoms with Crippen LogP contribution in [0.2, 0.25) is 0 Å². The van der Waals surface area contributed by atoms with Crippen LogP contribution < -0.4 is 10.1 Å². The van der Waals surface area contributed by atoms with Gasteiger partial charge in [-0.25, -0.2) is 4.98 Å². The molecular weight excluding hydrogens is 306 g/mol. The second-order valence-corrected chi connectivity index (χ2v) is 5.54. The first-order chi connectivity index (χ1) is 11.5. The van der Waals surface area contributed by atoms with Gasteiger partial charge in [0.15, 0.2) is 11.6 Å². The number of hydrogen-bond acceptors (Lipinski definition) is 4. The number of methoxy groups -OCH3 is 1. The van der Waals surface area contributed by atoms with E-state index in [-0.39, 0.29) is 5.91 Å². The highest BCUT2D eigenvalue weighted by Gasteiger charge is 2.14. The zero-order valence-electron chi connectivity index (χ0n) is 14.1. The lowest BCUT2D eigenvalue weighted by Gasteiger charge is -2.12. The van der Waals surface area contributed by atoms with Crippen molar-refractivity contribution in [2.75, 3.05) is 12.4 Å². The molecule has 0 spiro atoms. The quantitative estimate of drug-likeness (QED) is 0.794. The van der Waals surface area contributed by atoms with Gasteiger partial charge in [0.1, 0.15) is 11.5 Å². The Morgan fingerprint density at radius 3 is 2.71 bits per heavy atom. The molecule has 2 aromatic heterocycles. The molecule has 0 saturated heterocycles. The maximum atomic E-state index is 11.3. The van der Waals surface area contributed by atoms with Crippen LogP contribution in [0.25, 0.3) is 17.3 Å². The van der Waals surface area contributed by atoms with E-state index in [1.54, 1.807) is 19.4 Å². The lowest BCUT2D eigenvalue weighted by Crippen LogP contribution is -2.07. The van der Waals surface area contributed by atoms with Crippen LogP contribution in [-0.4, -0.2) is 22.6 Å². The zero-order chi connectivity index (χ0) is 17.3. The minimum absolute atomic E-state index is 0.147. The van der Waals surface area contributed by atoms with Crippen LogP contribution in [0.3, 0.4) is 0 Å². The first-order valence-corrected chi connectivity index (χ1v) is 7.56. The van der Waals surface area contributed by atoms with Crippen molar-refractivity contribution in [3.8, 4) is 23.0 Å². The molecular formula is C18H19N3O3. The first-order valence-electron chi connectivity index (χ1n) is 7.56. The average molecular weight is 325 g/mol. The molecule has 0 aliphatic heterocycles. The second-order valence-electron chi connectivity index (χ2n) is 5.54. The van der Waals surface area contributed by atoms with Gasteiger partial charge < -0.3 is 14.5 Å². The van der Waals surface area contributed by atoms with Gasteiger partial charge in [0, 0.05) is 25.4 Å². The van der Waals surface area contributed by atoms with E-state index in [0.717, 1.165) is 17.0 Å². The number of anilines is 1. The number of nitrogens with zero attached hydrogens (tertiary/aromatic N) is 2. The molecule has 0 aliphatic carbocycles. The van der Waals surface area contributed by atoms with Gasteiger partial charge in [0.2, 0.25) is 5.91 Å². The predicted octanol–water partition coefficient (Wildman–Crippen LogP) is 3.72. The third-order valence-electron chi connectivity index (χ3n) is 3.80. The number of aromatic nitrogens is 2. The van der Waals surface area contributed by atoms with Crippen molar-refractivity contribution in [3.05, 3.63) is 48.0 Å². The summed E-state index contributed by atoms with van der Waals surface area (Å²) in [7, 11) is 1.57. The molecule has 3 aromatic rings. The van der Waals surface area contributed by atoms with Crippen LogP contribution in [0.15, 0.2) is 41.1 Å². The molecule has 0 bridgehead atoms. The topological polar surface area (TPSA) is 69.3 Å². The highest BCUT2D eigenvalue weighted by Crippen LogP contribution is 2.30. The van der Waals surface area contributed by atoms with Gasteiger partial charge in [-0.05, 0) is 37.6 Å². The number of nitrogens with one attached hydrogen (secondary N) is 1. The SMILES string of the molecule is COc1cc(-n2ccnc2-c2cc(C)c(C)o2)ccc1NC(C)=O. The van der Waals surface area contributed by atoms with Gasteiger partial charge in [-0.1, -0.05) is 0 Å². The van der Waals surface area contributed by atoms with Gasteiger partial charge in [-0.2, -0.15) is 0 Å². The number of amides is 1. The normalized spacial score (nSPS) is 10.7. The maximum Gasteiger partial charge on any atom is 0.221 e. The van der Waals surface area contributed by atoms with Crippen LogP contribution in [-0.2, 0) is 4.79 Å². The average Bonchev–Trinajstić information content (AvgIpc) is 3.14. The largest absolute Gasteiger partial charge is 0.494 e. The number of rotatable bonds is 4. The number of carbonyl (C=O) groups is 1. The van der Waals surface area contributed by atoms with E-state index >= 15 is 0 Å². The maximum absolute atomic E-state index is 11.3. The summed E-state index contributed by atoms with van der Waals surface area (Å²) in [4.78, 5) is 15.7. The van der Waals surface area contributed by atoms with E-state index < -0.39 is 0 Å². The number of benzene rings is 1. The number of hydrogen-bond donors (Lipinski definition) is 1. The Morgan fingerprint density at radius 1 is 1.29 bits per heavy atom. The summed E-state index contributed by atoms with van der Waals surface area (Å²) >= 11 is 0. The molecule has 3 rings (SSSR count). The van der Waals surface area contributed by atoms with E-state index in [2.05, 4.69) is 10.3 Å². The monoisotopic (exact) mass is 325 g/mol. The molecule has 24 heavy (non-hydrogen) atoms. The molecule has 1 amide bonds. The molecule has 124 valence electrons. The lowest BCUT2D eigenvalue weighted by atomic mass is 10.2. The minimum Gasteiger partial charge on any atom is -0.494 e. The summed E-state index contributed by atoms with van der Waals surface area (Å²) in [5.74, 6) is 2.72. The Hall–Kier alpha value is -3.02. The van der Waals surface area contributed by atoms with Gasteiger partial charge in [-0.15, -0.1) is 0 Å². The molecule has 1 aromatic carbocycles. The molecule has 1 N–H and O–H groups in total. The second kappa shape index (κ2) is 6.23. The van der Waals surface area contributed by atoms with E-state index in [4.69, 9.17) is 9.15 Å². The lowest BCUT2D eigenvalue weighted by molar-refractivity contribution is -0.114. The van der Waals surface area contributed by atoms with E-state index in [1.165, 1.54) is 6.92 Å². The Kier molecular flexibility index (Phi) is 4.12. The summed E-state index contributed by atoms with van der Waals surface area (Å²) in [6, 6.07) is 7.51. The molecule has 6 nitrogen and oxygen atoms in total. The van der Waals surface area contributed by atoms with Crippen LogP contribution in [0.5, 0.6) is 5.75 Å². The fourth-order valence-corrected chi connectivity index (χ4v) is 2.50. The van der Waals surface area contributed by atoms with Gasteiger partial charge in [-0.3, -0.25) is 9.36 Å². The summed E-state index contributed by atoms with van der Waals surface area (Å²) in [6.45, 7) is 5.39.